The van der Waals surface area contributed by atoms with Gasteiger partial charge in [0.15, 0.2) is 11.6 Å². The highest BCUT2D eigenvalue weighted by atomic mass is 19.1. The van der Waals surface area contributed by atoms with Crippen LogP contribution < -0.4 is 26.6 Å². The summed E-state index contributed by atoms with van der Waals surface area (Å²) in [5.74, 6) is 0.730. The molecule has 2 heterocycles. The molecule has 3 aromatic rings. The van der Waals surface area contributed by atoms with Crippen LogP contribution in [0.3, 0.4) is 0 Å². The lowest BCUT2D eigenvalue weighted by molar-refractivity contribution is 0.0235. The molecule has 0 radical (unpaired) electrons. The number of benzene rings is 2. The Labute approximate surface area is 212 Å². The summed E-state index contributed by atoms with van der Waals surface area (Å²) >= 11 is 0. The molecular weight excluding hydrogens is 461 g/mol. The standard InChI is InChI=1S/C23H26FN3O3.C4H10N2/c1-28-22-5-3-16(11-21(22)24)13-26-30-15-17-2-4-18-14-25-23(12-19(18)10-17)27-20-6-8-29-9-7-20;1-6-4-2-3-5/h2-5,10-12,14,20,26H,6-9,13,15H2,1H3,(H,25,27);2,4,6H,3,5H2,1H3/b;4-2-. The van der Waals surface area contributed by atoms with Crippen molar-refractivity contribution in [2.24, 2.45) is 5.73 Å². The van der Waals surface area contributed by atoms with E-state index in [0.717, 1.165) is 53.8 Å². The van der Waals surface area contributed by atoms with Crippen LogP contribution in [0.4, 0.5) is 10.2 Å². The Balaban J connectivity index is 0.000000538. The number of nitrogens with one attached hydrogen (secondary N) is 3. The van der Waals surface area contributed by atoms with Gasteiger partial charge in [-0.2, -0.15) is 5.48 Å². The predicted molar refractivity (Wildman–Crippen MR) is 141 cm³/mol. The molecule has 0 bridgehead atoms. The van der Waals surface area contributed by atoms with Crippen molar-refractivity contribution in [1.82, 2.24) is 15.8 Å². The van der Waals surface area contributed by atoms with Crippen LogP contribution in [0.2, 0.25) is 0 Å². The topological polar surface area (TPSA) is 103 Å². The Morgan fingerprint density at radius 3 is 2.61 bits per heavy atom. The molecule has 194 valence electrons. The maximum absolute atomic E-state index is 13.7. The average molecular weight is 498 g/mol. The monoisotopic (exact) mass is 497 g/mol. The number of hydroxylamine groups is 1. The van der Waals surface area contributed by atoms with Gasteiger partial charge in [-0.3, -0.25) is 4.84 Å². The van der Waals surface area contributed by atoms with Gasteiger partial charge >= 0.3 is 0 Å². The van der Waals surface area contributed by atoms with Crippen molar-refractivity contribution in [3.05, 3.63) is 77.9 Å². The van der Waals surface area contributed by atoms with Gasteiger partial charge in [-0.25, -0.2) is 9.37 Å². The van der Waals surface area contributed by atoms with E-state index in [9.17, 15) is 4.39 Å². The summed E-state index contributed by atoms with van der Waals surface area (Å²) in [4.78, 5) is 10.1. The lowest BCUT2D eigenvalue weighted by atomic mass is 10.1. The largest absolute Gasteiger partial charge is 0.494 e. The Hall–Kier alpha value is -3.24. The molecule has 2 aromatic carbocycles. The molecular formula is C27H36FN5O3. The lowest BCUT2D eigenvalue weighted by Crippen LogP contribution is -2.28. The molecule has 36 heavy (non-hydrogen) atoms. The summed E-state index contributed by atoms with van der Waals surface area (Å²) in [6.07, 6.45) is 7.53. The van der Waals surface area contributed by atoms with E-state index in [-0.39, 0.29) is 11.6 Å². The quantitative estimate of drug-likeness (QED) is 0.247. The van der Waals surface area contributed by atoms with Crippen molar-refractivity contribution in [1.29, 1.82) is 0 Å². The van der Waals surface area contributed by atoms with Crippen LogP contribution in [-0.4, -0.2) is 44.9 Å². The van der Waals surface area contributed by atoms with Gasteiger partial charge < -0.3 is 25.8 Å². The predicted octanol–water partition coefficient (Wildman–Crippen LogP) is 3.87. The van der Waals surface area contributed by atoms with E-state index < -0.39 is 0 Å². The number of methoxy groups -OCH3 is 1. The van der Waals surface area contributed by atoms with Crippen molar-refractivity contribution >= 4 is 16.6 Å². The molecule has 0 unspecified atom stereocenters. The number of pyridine rings is 1. The summed E-state index contributed by atoms with van der Waals surface area (Å²) in [6.45, 7) is 3.00. The van der Waals surface area contributed by atoms with Crippen LogP contribution in [0.15, 0.2) is 60.9 Å². The molecule has 9 heteroatoms. The SMILES string of the molecule is CN/C=C\CN.COc1ccc(CNOCc2ccc3cnc(NC4CCOCC4)cc3c2)cc1F. The number of hydrogen-bond acceptors (Lipinski definition) is 8. The van der Waals surface area contributed by atoms with Crippen LogP contribution in [0, 0.1) is 5.82 Å². The zero-order chi connectivity index (χ0) is 25.6. The van der Waals surface area contributed by atoms with Gasteiger partial charge in [0.2, 0.25) is 0 Å². The number of ether oxygens (including phenoxy) is 2. The fourth-order valence-electron chi connectivity index (χ4n) is 3.68. The van der Waals surface area contributed by atoms with Gasteiger partial charge in [0.25, 0.3) is 0 Å². The Bertz CT molecular complexity index is 1100. The van der Waals surface area contributed by atoms with Gasteiger partial charge in [-0.15, -0.1) is 0 Å². The van der Waals surface area contributed by atoms with Crippen LogP contribution in [0.5, 0.6) is 5.75 Å². The lowest BCUT2D eigenvalue weighted by Gasteiger charge is -2.23. The van der Waals surface area contributed by atoms with Crippen LogP contribution in [-0.2, 0) is 22.7 Å². The molecule has 1 aromatic heterocycles. The second kappa shape index (κ2) is 15.0. The smallest absolute Gasteiger partial charge is 0.165 e. The summed E-state index contributed by atoms with van der Waals surface area (Å²) < 4.78 is 24.1. The maximum atomic E-state index is 13.7. The number of rotatable bonds is 10. The zero-order valence-electron chi connectivity index (χ0n) is 20.9. The van der Waals surface area contributed by atoms with E-state index in [1.54, 1.807) is 18.3 Å². The normalized spacial score (nSPS) is 13.9. The second-order valence-corrected chi connectivity index (χ2v) is 8.29. The highest BCUT2D eigenvalue weighted by molar-refractivity contribution is 5.84. The molecule has 0 aliphatic carbocycles. The Morgan fingerprint density at radius 1 is 1.11 bits per heavy atom. The second-order valence-electron chi connectivity index (χ2n) is 8.29. The van der Waals surface area contributed by atoms with Crippen molar-refractivity contribution in [3.63, 3.8) is 0 Å². The fraction of sp³-hybridized carbons (Fsp3) is 0.370. The Morgan fingerprint density at radius 2 is 1.92 bits per heavy atom. The molecule has 1 aliphatic heterocycles. The minimum Gasteiger partial charge on any atom is -0.494 e. The maximum Gasteiger partial charge on any atom is 0.165 e. The molecule has 1 aliphatic rings. The summed E-state index contributed by atoms with van der Waals surface area (Å²) in [7, 11) is 3.29. The number of anilines is 1. The first-order valence-electron chi connectivity index (χ1n) is 12.0. The van der Waals surface area contributed by atoms with Crippen LogP contribution in [0.1, 0.15) is 24.0 Å². The van der Waals surface area contributed by atoms with Gasteiger partial charge in [0.05, 0.1) is 13.7 Å². The van der Waals surface area contributed by atoms with Crippen molar-refractivity contribution in [3.8, 4) is 5.75 Å². The summed E-state index contributed by atoms with van der Waals surface area (Å²) in [5, 5.41) is 8.50. The van der Waals surface area contributed by atoms with E-state index in [1.165, 1.54) is 13.2 Å². The molecule has 8 nitrogen and oxygen atoms in total. The van der Waals surface area contributed by atoms with E-state index in [1.807, 2.05) is 31.5 Å². The van der Waals surface area contributed by atoms with E-state index in [4.69, 9.17) is 20.0 Å². The minimum atomic E-state index is -0.384. The van der Waals surface area contributed by atoms with Crippen molar-refractivity contribution in [2.75, 3.05) is 39.2 Å². The van der Waals surface area contributed by atoms with Gasteiger partial charge in [-0.05, 0) is 59.8 Å². The number of fused-ring (bicyclic) bond motifs is 1. The molecule has 5 N–H and O–H groups in total. The third-order valence-corrected chi connectivity index (χ3v) is 5.61. The molecule has 0 spiro atoms. The number of aromatic nitrogens is 1. The fourth-order valence-corrected chi connectivity index (χ4v) is 3.68. The van der Waals surface area contributed by atoms with E-state index in [0.29, 0.717) is 25.7 Å². The molecule has 4 rings (SSSR count). The number of hydrogen-bond donors (Lipinski definition) is 4. The summed E-state index contributed by atoms with van der Waals surface area (Å²) in [5.41, 5.74) is 9.79. The molecule has 1 saturated heterocycles. The van der Waals surface area contributed by atoms with Gasteiger partial charge in [0.1, 0.15) is 5.82 Å². The number of nitrogens with two attached hydrogens (primary N) is 1. The minimum absolute atomic E-state index is 0.232. The Kier molecular flexibility index (Phi) is 11.4. The first-order valence-corrected chi connectivity index (χ1v) is 12.0. The van der Waals surface area contributed by atoms with Gasteiger partial charge in [-0.1, -0.05) is 24.3 Å². The van der Waals surface area contributed by atoms with Crippen molar-refractivity contribution in [2.45, 2.75) is 32.0 Å². The first kappa shape index (κ1) is 27.3. The van der Waals surface area contributed by atoms with E-state index in [2.05, 4.69) is 33.2 Å². The molecule has 1 fully saturated rings. The number of halogens is 1. The summed E-state index contributed by atoms with van der Waals surface area (Å²) in [6, 6.07) is 13.5. The van der Waals surface area contributed by atoms with Crippen molar-refractivity contribution < 1.29 is 18.7 Å². The molecule has 0 saturated carbocycles. The van der Waals surface area contributed by atoms with Crippen LogP contribution >= 0.6 is 0 Å². The third-order valence-electron chi connectivity index (χ3n) is 5.61. The highest BCUT2D eigenvalue weighted by Gasteiger charge is 2.14. The highest BCUT2D eigenvalue weighted by Crippen LogP contribution is 2.21. The average Bonchev–Trinajstić information content (AvgIpc) is 2.91. The van der Waals surface area contributed by atoms with Gasteiger partial charge in [0, 0.05) is 51.0 Å². The molecule has 0 atom stereocenters. The third kappa shape index (κ3) is 8.76. The molecule has 0 amide bonds. The zero-order valence-corrected chi connectivity index (χ0v) is 20.9. The van der Waals surface area contributed by atoms with E-state index >= 15 is 0 Å². The first-order chi connectivity index (χ1) is 17.6. The number of nitrogens with zero attached hydrogens (tertiary/aromatic N) is 1. The van der Waals surface area contributed by atoms with Crippen LogP contribution in [0.25, 0.3) is 10.8 Å².